The number of carbonyl (C=O) groups is 1. The Balaban J connectivity index is 2.08. The summed E-state index contributed by atoms with van der Waals surface area (Å²) in [5, 5.41) is 0. The minimum atomic E-state index is -0.753. The standard InChI is InChI=1S/C21H24O5/c1-4-5-11-25-20-16-13-18(24-3)17(23-2)12-15(16)19(26-21(20)22)14-9-7-6-8-10-14/h6-10,12-13,19-20H,4-5,11H2,1-3H3. The lowest BCUT2D eigenvalue weighted by molar-refractivity contribution is -0.165. The average Bonchev–Trinajstić information content (AvgIpc) is 2.69. The Morgan fingerprint density at radius 2 is 1.65 bits per heavy atom. The highest BCUT2D eigenvalue weighted by Crippen LogP contribution is 2.44. The number of fused-ring (bicyclic) bond motifs is 1. The van der Waals surface area contributed by atoms with E-state index in [2.05, 4.69) is 6.92 Å². The molecule has 0 fully saturated rings. The van der Waals surface area contributed by atoms with Gasteiger partial charge in [-0.1, -0.05) is 43.7 Å². The first kappa shape index (κ1) is 18.3. The molecule has 0 saturated carbocycles. The molecule has 5 heteroatoms. The molecule has 0 aliphatic carbocycles. The van der Waals surface area contributed by atoms with Gasteiger partial charge in [-0.25, -0.2) is 4.79 Å². The van der Waals surface area contributed by atoms with Crippen LogP contribution in [0.4, 0.5) is 0 Å². The monoisotopic (exact) mass is 356 g/mol. The summed E-state index contributed by atoms with van der Waals surface area (Å²) in [5.74, 6) is 0.781. The Morgan fingerprint density at radius 3 is 2.27 bits per heavy atom. The topological polar surface area (TPSA) is 54.0 Å². The van der Waals surface area contributed by atoms with Crippen LogP contribution >= 0.6 is 0 Å². The van der Waals surface area contributed by atoms with Crippen LogP contribution in [0, 0.1) is 0 Å². The second kappa shape index (κ2) is 8.23. The quantitative estimate of drug-likeness (QED) is 0.549. The minimum absolute atomic E-state index is 0.380. The van der Waals surface area contributed by atoms with Gasteiger partial charge < -0.3 is 18.9 Å². The van der Waals surface area contributed by atoms with Gasteiger partial charge in [0.1, 0.15) is 0 Å². The highest BCUT2D eigenvalue weighted by molar-refractivity contribution is 5.80. The van der Waals surface area contributed by atoms with Crippen molar-refractivity contribution in [1.82, 2.24) is 0 Å². The van der Waals surface area contributed by atoms with Crippen LogP contribution in [-0.2, 0) is 14.3 Å². The lowest BCUT2D eigenvalue weighted by Gasteiger charge is -2.32. The number of benzene rings is 2. The third-order valence-corrected chi connectivity index (χ3v) is 4.49. The fraction of sp³-hybridized carbons (Fsp3) is 0.381. The summed E-state index contributed by atoms with van der Waals surface area (Å²) in [4.78, 5) is 12.7. The summed E-state index contributed by atoms with van der Waals surface area (Å²) in [6.07, 6.45) is 0.627. The molecule has 2 unspecified atom stereocenters. The minimum Gasteiger partial charge on any atom is -0.493 e. The maximum atomic E-state index is 12.7. The molecule has 0 bridgehead atoms. The summed E-state index contributed by atoms with van der Waals surface area (Å²) in [5.41, 5.74) is 2.53. The summed E-state index contributed by atoms with van der Waals surface area (Å²) >= 11 is 0. The van der Waals surface area contributed by atoms with E-state index in [9.17, 15) is 4.79 Å². The molecule has 2 atom stereocenters. The number of unbranched alkanes of at least 4 members (excludes halogenated alkanes) is 1. The van der Waals surface area contributed by atoms with Gasteiger partial charge in [0.15, 0.2) is 23.7 Å². The zero-order valence-electron chi connectivity index (χ0n) is 15.4. The predicted octanol–water partition coefficient (Wildman–Crippen LogP) is 4.21. The second-order valence-electron chi connectivity index (χ2n) is 6.17. The summed E-state index contributed by atoms with van der Waals surface area (Å²) < 4.78 is 22.5. The van der Waals surface area contributed by atoms with Crippen molar-refractivity contribution in [3.05, 3.63) is 59.2 Å². The molecule has 5 nitrogen and oxygen atoms in total. The number of rotatable bonds is 7. The molecular formula is C21H24O5. The molecule has 1 aliphatic rings. The van der Waals surface area contributed by atoms with E-state index in [1.54, 1.807) is 14.2 Å². The summed E-state index contributed by atoms with van der Waals surface area (Å²) in [7, 11) is 3.17. The third kappa shape index (κ3) is 3.53. The highest BCUT2D eigenvalue weighted by Gasteiger charge is 2.38. The van der Waals surface area contributed by atoms with E-state index >= 15 is 0 Å². The van der Waals surface area contributed by atoms with Gasteiger partial charge in [0.2, 0.25) is 0 Å². The number of carbonyl (C=O) groups excluding carboxylic acids is 1. The fourth-order valence-electron chi connectivity index (χ4n) is 3.11. The maximum Gasteiger partial charge on any atom is 0.340 e. The lowest BCUT2D eigenvalue weighted by Crippen LogP contribution is -2.29. The van der Waals surface area contributed by atoms with Crippen LogP contribution < -0.4 is 9.47 Å². The van der Waals surface area contributed by atoms with Gasteiger partial charge in [-0.05, 0) is 24.1 Å². The van der Waals surface area contributed by atoms with Crippen molar-refractivity contribution >= 4 is 5.97 Å². The van der Waals surface area contributed by atoms with Crippen LogP contribution in [0.3, 0.4) is 0 Å². The molecule has 0 saturated heterocycles. The Morgan fingerprint density at radius 1 is 1.00 bits per heavy atom. The number of methoxy groups -OCH3 is 2. The fourth-order valence-corrected chi connectivity index (χ4v) is 3.11. The first-order valence-corrected chi connectivity index (χ1v) is 8.82. The molecule has 26 heavy (non-hydrogen) atoms. The molecule has 0 aromatic heterocycles. The van der Waals surface area contributed by atoms with Gasteiger partial charge in [-0.3, -0.25) is 0 Å². The molecule has 0 N–H and O–H groups in total. The van der Waals surface area contributed by atoms with Gasteiger partial charge in [0.25, 0.3) is 0 Å². The Hall–Kier alpha value is -2.53. The van der Waals surface area contributed by atoms with Crippen molar-refractivity contribution < 1.29 is 23.7 Å². The zero-order valence-corrected chi connectivity index (χ0v) is 15.4. The van der Waals surface area contributed by atoms with Crippen LogP contribution in [0.15, 0.2) is 42.5 Å². The van der Waals surface area contributed by atoms with Crippen molar-refractivity contribution in [1.29, 1.82) is 0 Å². The molecule has 1 aliphatic heterocycles. The van der Waals surface area contributed by atoms with Crippen LogP contribution in [0.5, 0.6) is 11.5 Å². The van der Waals surface area contributed by atoms with Crippen molar-refractivity contribution in [3.8, 4) is 11.5 Å². The average molecular weight is 356 g/mol. The van der Waals surface area contributed by atoms with Gasteiger partial charge in [0, 0.05) is 17.7 Å². The molecule has 2 aromatic carbocycles. The van der Waals surface area contributed by atoms with Crippen LogP contribution in [0.25, 0.3) is 0 Å². The first-order chi connectivity index (χ1) is 12.7. The van der Waals surface area contributed by atoms with E-state index in [1.165, 1.54) is 0 Å². The van der Waals surface area contributed by atoms with E-state index < -0.39 is 12.2 Å². The maximum absolute atomic E-state index is 12.7. The number of ether oxygens (including phenoxy) is 4. The van der Waals surface area contributed by atoms with Gasteiger partial charge in [-0.15, -0.1) is 0 Å². The van der Waals surface area contributed by atoms with Gasteiger partial charge in [0.05, 0.1) is 14.2 Å². The van der Waals surface area contributed by atoms with Crippen LogP contribution in [-0.4, -0.2) is 26.8 Å². The van der Waals surface area contributed by atoms with Crippen molar-refractivity contribution in [3.63, 3.8) is 0 Å². The number of hydrogen-bond donors (Lipinski definition) is 0. The number of hydrogen-bond acceptors (Lipinski definition) is 5. The molecule has 2 aromatic rings. The summed E-state index contributed by atoms with van der Waals surface area (Å²) in [6.45, 7) is 2.58. The van der Waals surface area contributed by atoms with E-state index in [1.807, 2.05) is 42.5 Å². The zero-order chi connectivity index (χ0) is 18.5. The highest BCUT2D eigenvalue weighted by atomic mass is 16.6. The van der Waals surface area contributed by atoms with Crippen molar-refractivity contribution in [2.45, 2.75) is 32.0 Å². The lowest BCUT2D eigenvalue weighted by atomic mass is 9.90. The van der Waals surface area contributed by atoms with E-state index in [4.69, 9.17) is 18.9 Å². The molecular weight excluding hydrogens is 332 g/mol. The third-order valence-electron chi connectivity index (χ3n) is 4.49. The Bertz CT molecular complexity index is 756. The largest absolute Gasteiger partial charge is 0.493 e. The molecule has 138 valence electrons. The summed E-state index contributed by atoms with van der Waals surface area (Å²) in [6, 6.07) is 13.4. The van der Waals surface area contributed by atoms with E-state index in [0.717, 1.165) is 29.5 Å². The second-order valence-corrected chi connectivity index (χ2v) is 6.17. The van der Waals surface area contributed by atoms with Crippen molar-refractivity contribution in [2.75, 3.05) is 20.8 Å². The van der Waals surface area contributed by atoms with Gasteiger partial charge in [-0.2, -0.15) is 0 Å². The van der Waals surface area contributed by atoms with E-state index in [0.29, 0.717) is 18.1 Å². The Kier molecular flexibility index (Phi) is 5.78. The normalized spacial score (nSPS) is 18.8. The van der Waals surface area contributed by atoms with Gasteiger partial charge >= 0.3 is 5.97 Å². The van der Waals surface area contributed by atoms with E-state index in [-0.39, 0.29) is 5.97 Å². The first-order valence-electron chi connectivity index (χ1n) is 8.82. The molecule has 0 spiro atoms. The predicted molar refractivity (Wildman–Crippen MR) is 97.5 cm³/mol. The Labute approximate surface area is 153 Å². The molecule has 1 heterocycles. The smallest absolute Gasteiger partial charge is 0.340 e. The van der Waals surface area contributed by atoms with Crippen LogP contribution in [0.1, 0.15) is 48.7 Å². The molecule has 0 amide bonds. The number of cyclic esters (lactones) is 1. The van der Waals surface area contributed by atoms with Crippen LogP contribution in [0.2, 0.25) is 0 Å². The van der Waals surface area contributed by atoms with Crippen molar-refractivity contribution in [2.24, 2.45) is 0 Å². The molecule has 0 radical (unpaired) electrons. The SMILES string of the molecule is CCCCOC1C(=O)OC(c2ccccc2)c2cc(OC)c(OC)cc21. The molecule has 3 rings (SSSR count). The number of esters is 1.